The molecule has 0 amide bonds. The van der Waals surface area contributed by atoms with Crippen molar-refractivity contribution in [3.05, 3.63) is 34.9 Å². The third-order valence-corrected chi connectivity index (χ3v) is 4.32. The Morgan fingerprint density at radius 3 is 2.77 bits per heavy atom. The molecule has 6 nitrogen and oxygen atoms in total. The zero-order valence-electron chi connectivity index (χ0n) is 13.5. The number of nitriles is 1. The maximum Gasteiger partial charge on any atom is 0.162 e. The van der Waals surface area contributed by atoms with Gasteiger partial charge in [0.1, 0.15) is 6.07 Å². The van der Waals surface area contributed by atoms with E-state index in [1.165, 1.54) is 5.69 Å². The van der Waals surface area contributed by atoms with E-state index in [0.717, 1.165) is 44.0 Å². The van der Waals surface area contributed by atoms with E-state index < -0.39 is 0 Å². The van der Waals surface area contributed by atoms with Gasteiger partial charge in [-0.15, -0.1) is 0 Å². The van der Waals surface area contributed by atoms with Crippen LogP contribution >= 0.6 is 0 Å². The van der Waals surface area contributed by atoms with Gasteiger partial charge in [0.15, 0.2) is 5.69 Å². The largest absolute Gasteiger partial charge is 0.293 e. The number of aryl methyl sites for hydroxylation is 3. The van der Waals surface area contributed by atoms with Crippen molar-refractivity contribution in [2.45, 2.75) is 52.9 Å². The Morgan fingerprint density at radius 1 is 1.27 bits per heavy atom. The second-order valence-electron chi connectivity index (χ2n) is 6.14. The van der Waals surface area contributed by atoms with Crippen molar-refractivity contribution >= 4 is 0 Å². The predicted octanol–water partition coefficient (Wildman–Crippen LogP) is 1.86. The molecule has 6 heteroatoms. The Labute approximate surface area is 130 Å². The number of nitrogens with zero attached hydrogens (tertiary/aromatic N) is 6. The molecule has 2 aromatic rings. The number of aromatic nitrogens is 4. The summed E-state index contributed by atoms with van der Waals surface area (Å²) in [6.07, 6.45) is 1.06. The number of fused-ring (bicyclic) bond motifs is 1. The minimum atomic E-state index is 0.394. The minimum absolute atomic E-state index is 0.394. The Bertz CT molecular complexity index is 705. The molecular formula is C16H22N6. The van der Waals surface area contributed by atoms with Gasteiger partial charge in [-0.1, -0.05) is 0 Å². The molecule has 0 aliphatic carbocycles. The zero-order valence-corrected chi connectivity index (χ0v) is 13.5. The molecule has 1 atom stereocenters. The lowest BCUT2D eigenvalue weighted by Gasteiger charge is -2.27. The molecule has 0 saturated heterocycles. The maximum atomic E-state index is 9.01. The zero-order chi connectivity index (χ0) is 15.7. The fourth-order valence-electron chi connectivity index (χ4n) is 3.14. The van der Waals surface area contributed by atoms with Crippen LogP contribution in [0.2, 0.25) is 0 Å². The Balaban J connectivity index is 1.74. The van der Waals surface area contributed by atoms with Gasteiger partial charge in [0.2, 0.25) is 0 Å². The first-order valence-electron chi connectivity index (χ1n) is 7.78. The molecule has 116 valence electrons. The van der Waals surface area contributed by atoms with E-state index in [4.69, 9.17) is 5.26 Å². The van der Waals surface area contributed by atoms with Gasteiger partial charge in [0.05, 0.1) is 17.9 Å². The van der Waals surface area contributed by atoms with E-state index >= 15 is 0 Å². The molecule has 0 aromatic carbocycles. The summed E-state index contributed by atoms with van der Waals surface area (Å²) in [5.41, 5.74) is 3.92. The summed E-state index contributed by atoms with van der Waals surface area (Å²) in [7, 11) is 0. The van der Waals surface area contributed by atoms with Crippen LogP contribution in [0.1, 0.15) is 36.1 Å². The molecule has 3 rings (SSSR count). The SMILES string of the molecule is Cc1cc(C)n(CC(C)N2CCCn3nc(C#N)cc3C2)n1. The smallest absolute Gasteiger partial charge is 0.162 e. The Morgan fingerprint density at radius 2 is 2.09 bits per heavy atom. The van der Waals surface area contributed by atoms with Crippen molar-refractivity contribution in [1.29, 1.82) is 5.26 Å². The summed E-state index contributed by atoms with van der Waals surface area (Å²) in [5, 5.41) is 17.9. The van der Waals surface area contributed by atoms with E-state index in [9.17, 15) is 0 Å². The van der Waals surface area contributed by atoms with E-state index in [1.807, 2.05) is 17.7 Å². The summed E-state index contributed by atoms with van der Waals surface area (Å²) in [6, 6.07) is 6.55. The van der Waals surface area contributed by atoms with Gasteiger partial charge in [0, 0.05) is 31.4 Å². The monoisotopic (exact) mass is 298 g/mol. The van der Waals surface area contributed by atoms with Crippen LogP contribution in [0, 0.1) is 25.2 Å². The Hall–Kier alpha value is -2.13. The van der Waals surface area contributed by atoms with E-state index in [0.29, 0.717) is 11.7 Å². The number of rotatable bonds is 3. The van der Waals surface area contributed by atoms with Crippen molar-refractivity contribution in [3.63, 3.8) is 0 Å². The molecule has 1 unspecified atom stereocenters. The molecule has 3 heterocycles. The molecular weight excluding hydrogens is 276 g/mol. The van der Waals surface area contributed by atoms with Crippen LogP contribution in [0.4, 0.5) is 0 Å². The summed E-state index contributed by atoms with van der Waals surface area (Å²) < 4.78 is 4.07. The molecule has 0 N–H and O–H groups in total. The quantitative estimate of drug-likeness (QED) is 0.867. The van der Waals surface area contributed by atoms with Crippen LogP contribution in [0.5, 0.6) is 0 Å². The lowest BCUT2D eigenvalue weighted by molar-refractivity contribution is 0.180. The van der Waals surface area contributed by atoms with Crippen molar-refractivity contribution < 1.29 is 0 Å². The van der Waals surface area contributed by atoms with Gasteiger partial charge >= 0.3 is 0 Å². The predicted molar refractivity (Wildman–Crippen MR) is 83.1 cm³/mol. The third-order valence-electron chi connectivity index (χ3n) is 4.32. The summed E-state index contributed by atoms with van der Waals surface area (Å²) in [6.45, 7) is 10.0. The lowest BCUT2D eigenvalue weighted by atomic mass is 10.2. The average Bonchev–Trinajstić information content (AvgIpc) is 2.94. The summed E-state index contributed by atoms with van der Waals surface area (Å²) in [5.74, 6) is 0. The molecule has 0 radical (unpaired) electrons. The van der Waals surface area contributed by atoms with Gasteiger partial charge in [-0.2, -0.15) is 15.5 Å². The second-order valence-corrected chi connectivity index (χ2v) is 6.14. The molecule has 0 bridgehead atoms. The number of hydrogen-bond donors (Lipinski definition) is 0. The van der Waals surface area contributed by atoms with Crippen LogP contribution in [0.25, 0.3) is 0 Å². The maximum absolute atomic E-state index is 9.01. The van der Waals surface area contributed by atoms with Crippen molar-refractivity contribution in [2.75, 3.05) is 6.54 Å². The van der Waals surface area contributed by atoms with Crippen molar-refractivity contribution in [2.24, 2.45) is 0 Å². The van der Waals surface area contributed by atoms with Crippen LogP contribution in [-0.2, 0) is 19.6 Å². The highest BCUT2D eigenvalue weighted by Crippen LogP contribution is 2.17. The van der Waals surface area contributed by atoms with Crippen molar-refractivity contribution in [1.82, 2.24) is 24.5 Å². The molecule has 2 aromatic heterocycles. The van der Waals surface area contributed by atoms with E-state index in [2.05, 4.69) is 45.8 Å². The standard InChI is InChI=1S/C16H22N6/c1-12-7-13(2)22(18-12)10-14(3)20-5-4-6-21-16(11-20)8-15(9-17)19-21/h7-8,14H,4-6,10-11H2,1-3H3. The molecule has 0 saturated carbocycles. The summed E-state index contributed by atoms with van der Waals surface area (Å²) >= 11 is 0. The molecule has 0 spiro atoms. The van der Waals surface area contributed by atoms with Gasteiger partial charge in [-0.3, -0.25) is 14.3 Å². The van der Waals surface area contributed by atoms with Crippen LogP contribution in [-0.4, -0.2) is 37.0 Å². The third kappa shape index (κ3) is 2.90. The highest BCUT2D eigenvalue weighted by Gasteiger charge is 2.21. The van der Waals surface area contributed by atoms with Gasteiger partial charge in [-0.25, -0.2) is 0 Å². The van der Waals surface area contributed by atoms with Gasteiger partial charge < -0.3 is 0 Å². The van der Waals surface area contributed by atoms with Crippen molar-refractivity contribution in [3.8, 4) is 6.07 Å². The first kappa shape index (κ1) is 14.8. The highest BCUT2D eigenvalue weighted by atomic mass is 15.3. The average molecular weight is 298 g/mol. The van der Waals surface area contributed by atoms with Crippen LogP contribution in [0.3, 0.4) is 0 Å². The topological polar surface area (TPSA) is 62.7 Å². The molecule has 0 fully saturated rings. The van der Waals surface area contributed by atoms with Crippen LogP contribution in [0.15, 0.2) is 12.1 Å². The Kier molecular flexibility index (Phi) is 3.99. The van der Waals surface area contributed by atoms with Crippen LogP contribution < -0.4 is 0 Å². The molecule has 1 aliphatic heterocycles. The summed E-state index contributed by atoms with van der Waals surface area (Å²) in [4.78, 5) is 2.46. The fraction of sp³-hybridized carbons (Fsp3) is 0.562. The first-order chi connectivity index (χ1) is 10.6. The first-order valence-corrected chi connectivity index (χ1v) is 7.78. The van der Waals surface area contributed by atoms with Gasteiger partial charge in [-0.05, 0) is 39.3 Å². The van der Waals surface area contributed by atoms with E-state index in [-0.39, 0.29) is 0 Å². The molecule has 1 aliphatic rings. The van der Waals surface area contributed by atoms with Gasteiger partial charge in [0.25, 0.3) is 0 Å². The highest BCUT2D eigenvalue weighted by molar-refractivity contribution is 5.22. The molecule has 22 heavy (non-hydrogen) atoms. The fourth-order valence-corrected chi connectivity index (χ4v) is 3.14. The number of hydrogen-bond acceptors (Lipinski definition) is 4. The van der Waals surface area contributed by atoms with E-state index in [1.54, 1.807) is 0 Å². The lowest BCUT2D eigenvalue weighted by Crippen LogP contribution is -2.36. The minimum Gasteiger partial charge on any atom is -0.293 e. The second kappa shape index (κ2) is 5.93. The normalized spacial score (nSPS) is 16.8.